The predicted octanol–water partition coefficient (Wildman–Crippen LogP) is 14.9. The van der Waals surface area contributed by atoms with Crippen LogP contribution in [0.4, 0.5) is 11.4 Å². The molecule has 1 heteroatoms. The molecule has 4 aliphatic rings. The van der Waals surface area contributed by atoms with Crippen molar-refractivity contribution in [2.75, 3.05) is 4.90 Å². The minimum absolute atomic E-state index is 0.139. The van der Waals surface area contributed by atoms with Gasteiger partial charge < -0.3 is 4.90 Å². The van der Waals surface area contributed by atoms with Gasteiger partial charge in [0.25, 0.3) is 0 Å². The smallest absolute Gasteiger partial charge is 0.0630 e. The average molecular weight is 726 g/mol. The molecule has 1 aliphatic heterocycles. The van der Waals surface area contributed by atoms with Crippen LogP contribution in [0.25, 0.3) is 39.0 Å². The number of benzene rings is 5. The Morgan fingerprint density at radius 2 is 1.61 bits per heavy atom. The molecule has 1 heterocycles. The van der Waals surface area contributed by atoms with Gasteiger partial charge >= 0.3 is 0 Å². The molecule has 5 aromatic carbocycles. The van der Waals surface area contributed by atoms with Crippen molar-refractivity contribution in [3.05, 3.63) is 209 Å². The Balaban J connectivity index is 1.13. The van der Waals surface area contributed by atoms with E-state index in [1.807, 2.05) is 6.08 Å². The van der Waals surface area contributed by atoms with E-state index in [2.05, 4.69) is 198 Å². The highest BCUT2D eigenvalue weighted by Crippen LogP contribution is 2.54. The van der Waals surface area contributed by atoms with Gasteiger partial charge in [-0.05, 0) is 147 Å². The van der Waals surface area contributed by atoms with Gasteiger partial charge in [0.15, 0.2) is 0 Å². The first kappa shape index (κ1) is 35.8. The number of aryl methyl sites for hydroxylation is 1. The van der Waals surface area contributed by atoms with Crippen molar-refractivity contribution >= 4 is 28.1 Å². The molecule has 1 nitrogen and oxygen atoms in total. The van der Waals surface area contributed by atoms with E-state index >= 15 is 0 Å². The lowest BCUT2D eigenvalue weighted by Gasteiger charge is -2.30. The lowest BCUT2D eigenvalue weighted by Crippen LogP contribution is -2.29. The van der Waals surface area contributed by atoms with E-state index < -0.39 is 0 Å². The molecule has 0 fully saturated rings. The average Bonchev–Trinajstić information content (AvgIpc) is 3.68. The Kier molecular flexibility index (Phi) is 9.13. The van der Waals surface area contributed by atoms with Crippen molar-refractivity contribution in [3.63, 3.8) is 0 Å². The highest BCUT2D eigenvalue weighted by atomic mass is 15.2. The van der Waals surface area contributed by atoms with Gasteiger partial charge in [-0.15, -0.1) is 0 Å². The second-order valence-electron chi connectivity index (χ2n) is 16.4. The van der Waals surface area contributed by atoms with E-state index in [9.17, 15) is 0 Å². The summed E-state index contributed by atoms with van der Waals surface area (Å²) in [4.78, 5) is 2.58. The number of hydrogen-bond acceptors (Lipinski definition) is 1. The van der Waals surface area contributed by atoms with Crippen LogP contribution in [0.15, 0.2) is 170 Å². The fourth-order valence-electron chi connectivity index (χ4n) is 9.58. The summed E-state index contributed by atoms with van der Waals surface area (Å²) in [6.45, 7) is 15.6. The zero-order valence-electron chi connectivity index (χ0n) is 33.4. The third-order valence-corrected chi connectivity index (χ3v) is 12.6. The monoisotopic (exact) mass is 725 g/mol. The summed E-state index contributed by atoms with van der Waals surface area (Å²) >= 11 is 0. The molecule has 0 bridgehead atoms. The summed E-state index contributed by atoms with van der Waals surface area (Å²) < 4.78 is 0. The molecule has 0 N–H and O–H groups in total. The third kappa shape index (κ3) is 5.93. The van der Waals surface area contributed by atoms with Crippen LogP contribution in [0.1, 0.15) is 91.8 Å². The summed E-state index contributed by atoms with van der Waals surface area (Å²) in [7, 11) is 0. The van der Waals surface area contributed by atoms with Crippen molar-refractivity contribution < 1.29 is 0 Å². The fourth-order valence-corrected chi connectivity index (χ4v) is 9.58. The molecule has 56 heavy (non-hydrogen) atoms. The summed E-state index contributed by atoms with van der Waals surface area (Å²) in [5, 5.41) is 0. The third-order valence-electron chi connectivity index (χ3n) is 12.6. The van der Waals surface area contributed by atoms with E-state index in [4.69, 9.17) is 0 Å². The van der Waals surface area contributed by atoms with Crippen molar-refractivity contribution in [2.24, 2.45) is 0 Å². The van der Waals surface area contributed by atoms with Gasteiger partial charge in [-0.2, -0.15) is 0 Å². The maximum atomic E-state index is 4.16. The van der Waals surface area contributed by atoms with E-state index in [0.717, 1.165) is 19.3 Å². The van der Waals surface area contributed by atoms with Crippen LogP contribution < -0.4 is 4.90 Å². The molecule has 0 aromatic heterocycles. The Morgan fingerprint density at radius 1 is 0.804 bits per heavy atom. The molecule has 3 aliphatic carbocycles. The minimum Gasteiger partial charge on any atom is -0.333 e. The summed E-state index contributed by atoms with van der Waals surface area (Å²) in [6.07, 6.45) is 24.0. The number of nitrogens with zero attached hydrogens (tertiary/aromatic N) is 1. The van der Waals surface area contributed by atoms with E-state index in [0.29, 0.717) is 0 Å². The highest BCUT2D eigenvalue weighted by Gasteiger charge is 2.40. The maximum absolute atomic E-state index is 4.16. The molecule has 0 saturated heterocycles. The lowest BCUT2D eigenvalue weighted by molar-refractivity contribution is 0.660. The molecule has 0 spiro atoms. The van der Waals surface area contributed by atoms with Crippen LogP contribution in [0.2, 0.25) is 0 Å². The molecule has 2 unspecified atom stereocenters. The SMILES string of the molecule is C=C/C(C)=C(\C=C/CC)c1c(C)ccc2c1-c1ccc(-c3cccc(N4c5ccc(C6=CCCC=C6)cc5C5C=C(c6ccccc6)C=CC54)c3)cc1C2(C)C. The van der Waals surface area contributed by atoms with Crippen LogP contribution >= 0.6 is 0 Å². The molecule has 9 rings (SSSR count). The van der Waals surface area contributed by atoms with E-state index in [1.165, 1.54) is 94.9 Å². The molecule has 276 valence electrons. The standard InChI is InChI=1S/C55H51N/c1-7-9-23-45(36(3)8-2)53-37(4)24-29-49-54(53)46-28-25-43(35-50(46)55(49,5)6)40-21-16-22-44(32-40)56-51-30-26-41(38-17-12-10-13-18-38)33-47(51)48-34-42(27-31-52(48)56)39-19-14-11-15-20-39/h8-10,12-14,16-35,47,51H,2,7,11,15H2,1,3-6H3/b23-9-,45-36+. The maximum Gasteiger partial charge on any atom is 0.0630 e. The summed E-state index contributed by atoms with van der Waals surface area (Å²) in [5.74, 6) is 0.245. The van der Waals surface area contributed by atoms with Gasteiger partial charge in [-0.25, -0.2) is 0 Å². The topological polar surface area (TPSA) is 3.24 Å². The van der Waals surface area contributed by atoms with Gasteiger partial charge in [0.1, 0.15) is 0 Å². The Bertz CT molecular complexity index is 2580. The van der Waals surface area contributed by atoms with Crippen LogP contribution in [-0.4, -0.2) is 6.04 Å². The van der Waals surface area contributed by atoms with Gasteiger partial charge in [0.05, 0.1) is 6.04 Å². The largest absolute Gasteiger partial charge is 0.333 e. The Hall–Kier alpha value is -5.92. The van der Waals surface area contributed by atoms with Crippen LogP contribution in [0, 0.1) is 6.92 Å². The number of fused-ring (bicyclic) bond motifs is 6. The fraction of sp³-hybridized carbons (Fsp3) is 0.200. The summed E-state index contributed by atoms with van der Waals surface area (Å²) in [5.41, 5.74) is 22.0. The minimum atomic E-state index is -0.139. The first-order chi connectivity index (χ1) is 27.3. The van der Waals surface area contributed by atoms with Crippen LogP contribution in [0.3, 0.4) is 0 Å². The van der Waals surface area contributed by atoms with E-state index in [1.54, 1.807) is 0 Å². The van der Waals surface area contributed by atoms with Crippen molar-refractivity contribution in [2.45, 2.75) is 71.3 Å². The summed E-state index contributed by atoms with van der Waals surface area (Å²) in [6, 6.07) is 39.3. The predicted molar refractivity (Wildman–Crippen MR) is 241 cm³/mol. The first-order valence-electron chi connectivity index (χ1n) is 20.4. The van der Waals surface area contributed by atoms with E-state index in [-0.39, 0.29) is 17.4 Å². The number of rotatable bonds is 8. The molecule has 0 saturated carbocycles. The van der Waals surface area contributed by atoms with Crippen molar-refractivity contribution in [3.8, 4) is 22.3 Å². The Labute approximate surface area is 334 Å². The molecule has 0 radical (unpaired) electrons. The van der Waals surface area contributed by atoms with Crippen LogP contribution in [-0.2, 0) is 5.41 Å². The molecule has 0 amide bonds. The number of allylic oxidation sites excluding steroid dienone is 11. The Morgan fingerprint density at radius 3 is 2.39 bits per heavy atom. The molecular formula is C55H51N. The number of hydrogen-bond donors (Lipinski definition) is 0. The highest BCUT2D eigenvalue weighted by molar-refractivity contribution is 5.96. The zero-order valence-corrected chi connectivity index (χ0v) is 33.4. The second kappa shape index (κ2) is 14.3. The van der Waals surface area contributed by atoms with Gasteiger partial charge in [-0.1, -0.05) is 155 Å². The lowest BCUT2D eigenvalue weighted by atomic mass is 9.80. The van der Waals surface area contributed by atoms with Crippen molar-refractivity contribution in [1.82, 2.24) is 0 Å². The number of anilines is 2. The van der Waals surface area contributed by atoms with Crippen molar-refractivity contribution in [1.29, 1.82) is 0 Å². The zero-order chi connectivity index (χ0) is 38.6. The van der Waals surface area contributed by atoms with Gasteiger partial charge in [-0.3, -0.25) is 0 Å². The second-order valence-corrected chi connectivity index (χ2v) is 16.4. The molecular weight excluding hydrogens is 675 g/mol. The van der Waals surface area contributed by atoms with Gasteiger partial charge in [0.2, 0.25) is 0 Å². The first-order valence-corrected chi connectivity index (χ1v) is 20.4. The van der Waals surface area contributed by atoms with Gasteiger partial charge in [0, 0.05) is 22.7 Å². The quantitative estimate of drug-likeness (QED) is 0.144. The normalized spacial score (nSPS) is 19.2. The molecule has 2 atom stereocenters. The van der Waals surface area contributed by atoms with Crippen LogP contribution in [0.5, 0.6) is 0 Å². The molecule has 5 aromatic rings.